The van der Waals surface area contributed by atoms with Crippen LogP contribution >= 0.6 is 0 Å². The SMILES string of the molecule is CCc1noc(C)c1C(=O)N(CCO)C(C)C. The molecule has 0 saturated heterocycles. The van der Waals surface area contributed by atoms with Gasteiger partial charge >= 0.3 is 0 Å². The molecule has 0 unspecified atom stereocenters. The van der Waals surface area contributed by atoms with Crippen LogP contribution < -0.4 is 0 Å². The molecule has 0 radical (unpaired) electrons. The molecule has 0 atom stereocenters. The molecule has 0 saturated carbocycles. The molecule has 0 aromatic carbocycles. The zero-order chi connectivity index (χ0) is 13.0. The minimum atomic E-state index is -0.121. The molecule has 0 spiro atoms. The predicted octanol–water partition coefficient (Wildman–Crippen LogP) is 1.39. The number of aromatic nitrogens is 1. The fourth-order valence-electron chi connectivity index (χ4n) is 1.78. The van der Waals surface area contributed by atoms with Gasteiger partial charge in [-0.25, -0.2) is 0 Å². The Bertz CT molecular complexity index is 385. The van der Waals surface area contributed by atoms with Crippen LogP contribution in [0.2, 0.25) is 0 Å². The summed E-state index contributed by atoms with van der Waals surface area (Å²) in [4.78, 5) is 14.0. The molecule has 0 aliphatic rings. The van der Waals surface area contributed by atoms with E-state index in [0.29, 0.717) is 30.0 Å². The maximum atomic E-state index is 12.4. The Balaban J connectivity index is 3.04. The third-order valence-corrected chi connectivity index (χ3v) is 2.71. The molecular weight excluding hydrogens is 220 g/mol. The first kappa shape index (κ1) is 13.7. The number of aliphatic hydroxyl groups is 1. The second-order valence-corrected chi connectivity index (χ2v) is 4.23. The maximum Gasteiger partial charge on any atom is 0.259 e. The van der Waals surface area contributed by atoms with Crippen LogP contribution in [0.3, 0.4) is 0 Å². The van der Waals surface area contributed by atoms with Crippen LogP contribution in [0.25, 0.3) is 0 Å². The van der Waals surface area contributed by atoms with E-state index in [1.165, 1.54) is 0 Å². The number of rotatable bonds is 5. The lowest BCUT2D eigenvalue weighted by Gasteiger charge is -2.25. The van der Waals surface area contributed by atoms with E-state index in [1.54, 1.807) is 11.8 Å². The van der Waals surface area contributed by atoms with Crippen molar-refractivity contribution in [2.45, 2.75) is 40.2 Å². The number of hydrogen-bond acceptors (Lipinski definition) is 4. The monoisotopic (exact) mass is 240 g/mol. The lowest BCUT2D eigenvalue weighted by molar-refractivity contribution is 0.0662. The molecule has 17 heavy (non-hydrogen) atoms. The van der Waals surface area contributed by atoms with E-state index in [1.807, 2.05) is 20.8 Å². The molecule has 96 valence electrons. The van der Waals surface area contributed by atoms with Crippen LogP contribution in [0, 0.1) is 6.92 Å². The van der Waals surface area contributed by atoms with Gasteiger partial charge in [0.15, 0.2) is 0 Å². The fourth-order valence-corrected chi connectivity index (χ4v) is 1.78. The average Bonchev–Trinajstić information content (AvgIpc) is 2.66. The predicted molar refractivity (Wildman–Crippen MR) is 63.9 cm³/mol. The zero-order valence-corrected chi connectivity index (χ0v) is 10.9. The van der Waals surface area contributed by atoms with Crippen molar-refractivity contribution in [2.24, 2.45) is 0 Å². The van der Waals surface area contributed by atoms with E-state index >= 15 is 0 Å². The summed E-state index contributed by atoms with van der Waals surface area (Å²) in [5.74, 6) is 0.417. The molecule has 1 heterocycles. The molecule has 0 aliphatic carbocycles. The van der Waals surface area contributed by atoms with Gasteiger partial charge in [0.1, 0.15) is 11.3 Å². The van der Waals surface area contributed by atoms with Gasteiger partial charge in [-0.05, 0) is 27.2 Å². The quantitative estimate of drug-likeness (QED) is 0.844. The van der Waals surface area contributed by atoms with Crippen molar-refractivity contribution < 1.29 is 14.4 Å². The van der Waals surface area contributed by atoms with Crippen molar-refractivity contribution in [2.75, 3.05) is 13.2 Å². The lowest BCUT2D eigenvalue weighted by atomic mass is 10.1. The van der Waals surface area contributed by atoms with Gasteiger partial charge in [0.05, 0.1) is 12.3 Å². The molecule has 1 amide bonds. The molecule has 1 N–H and O–H groups in total. The third-order valence-electron chi connectivity index (χ3n) is 2.71. The standard InChI is InChI=1S/C12H20N2O3/c1-5-10-11(9(4)17-13-10)12(16)14(6-7-15)8(2)3/h8,15H,5-7H2,1-4H3. The van der Waals surface area contributed by atoms with Crippen LogP contribution in [0.15, 0.2) is 4.52 Å². The lowest BCUT2D eigenvalue weighted by Crippen LogP contribution is -2.39. The van der Waals surface area contributed by atoms with Crippen molar-refractivity contribution in [3.05, 3.63) is 17.0 Å². The number of aliphatic hydroxyl groups excluding tert-OH is 1. The topological polar surface area (TPSA) is 66.6 Å². The zero-order valence-electron chi connectivity index (χ0n) is 10.9. The second kappa shape index (κ2) is 5.82. The van der Waals surface area contributed by atoms with Gasteiger partial charge < -0.3 is 14.5 Å². The van der Waals surface area contributed by atoms with Crippen LogP contribution in [0.4, 0.5) is 0 Å². The Hall–Kier alpha value is -1.36. The minimum absolute atomic E-state index is 0.0358. The van der Waals surface area contributed by atoms with Gasteiger partial charge in [0.25, 0.3) is 5.91 Å². The summed E-state index contributed by atoms with van der Waals surface area (Å²) in [5, 5.41) is 12.9. The van der Waals surface area contributed by atoms with Gasteiger partial charge in [0.2, 0.25) is 0 Å². The van der Waals surface area contributed by atoms with E-state index in [4.69, 9.17) is 9.63 Å². The molecule has 1 aromatic heterocycles. The maximum absolute atomic E-state index is 12.4. The van der Waals surface area contributed by atoms with Crippen molar-refractivity contribution in [1.82, 2.24) is 10.1 Å². The van der Waals surface area contributed by atoms with Crippen LogP contribution in [0.1, 0.15) is 42.6 Å². The van der Waals surface area contributed by atoms with Gasteiger partial charge in [-0.1, -0.05) is 12.1 Å². The first-order valence-corrected chi connectivity index (χ1v) is 5.89. The third kappa shape index (κ3) is 2.85. The van der Waals surface area contributed by atoms with E-state index in [-0.39, 0.29) is 18.6 Å². The summed E-state index contributed by atoms with van der Waals surface area (Å²) in [6, 6.07) is 0.0358. The van der Waals surface area contributed by atoms with Crippen molar-refractivity contribution in [1.29, 1.82) is 0 Å². The van der Waals surface area contributed by atoms with E-state index < -0.39 is 0 Å². The molecule has 0 aliphatic heterocycles. The highest BCUT2D eigenvalue weighted by atomic mass is 16.5. The van der Waals surface area contributed by atoms with Gasteiger partial charge in [0, 0.05) is 12.6 Å². The molecule has 1 rings (SSSR count). The largest absolute Gasteiger partial charge is 0.395 e. The van der Waals surface area contributed by atoms with Gasteiger partial charge in [-0.3, -0.25) is 4.79 Å². The van der Waals surface area contributed by atoms with Gasteiger partial charge in [-0.15, -0.1) is 0 Å². The summed E-state index contributed by atoms with van der Waals surface area (Å²) in [5.41, 5.74) is 1.21. The number of aryl methyl sites for hydroxylation is 2. The summed E-state index contributed by atoms with van der Waals surface area (Å²) in [7, 11) is 0. The highest BCUT2D eigenvalue weighted by molar-refractivity contribution is 5.96. The molecular formula is C12H20N2O3. The normalized spacial score (nSPS) is 10.9. The van der Waals surface area contributed by atoms with Crippen LogP contribution in [-0.2, 0) is 6.42 Å². The first-order valence-electron chi connectivity index (χ1n) is 5.89. The Morgan fingerprint density at radius 2 is 2.18 bits per heavy atom. The van der Waals surface area contributed by atoms with Gasteiger partial charge in [-0.2, -0.15) is 0 Å². The molecule has 0 bridgehead atoms. The number of carbonyl (C=O) groups is 1. The fraction of sp³-hybridized carbons (Fsp3) is 0.667. The Morgan fingerprint density at radius 1 is 1.53 bits per heavy atom. The van der Waals surface area contributed by atoms with E-state index in [9.17, 15) is 4.79 Å². The Morgan fingerprint density at radius 3 is 2.65 bits per heavy atom. The van der Waals surface area contributed by atoms with E-state index in [2.05, 4.69) is 5.16 Å². The summed E-state index contributed by atoms with van der Waals surface area (Å²) in [6.07, 6.45) is 0.656. The van der Waals surface area contributed by atoms with Crippen LogP contribution in [-0.4, -0.2) is 40.3 Å². The molecule has 1 aromatic rings. The molecule has 0 fully saturated rings. The summed E-state index contributed by atoms with van der Waals surface area (Å²) >= 11 is 0. The highest BCUT2D eigenvalue weighted by Crippen LogP contribution is 2.17. The highest BCUT2D eigenvalue weighted by Gasteiger charge is 2.25. The Labute approximate surface area is 101 Å². The van der Waals surface area contributed by atoms with Crippen molar-refractivity contribution in [3.63, 3.8) is 0 Å². The van der Waals surface area contributed by atoms with Crippen molar-refractivity contribution in [3.8, 4) is 0 Å². The second-order valence-electron chi connectivity index (χ2n) is 4.23. The van der Waals surface area contributed by atoms with Crippen molar-refractivity contribution >= 4 is 5.91 Å². The first-order chi connectivity index (χ1) is 8.02. The number of hydrogen-bond donors (Lipinski definition) is 1. The molecule has 5 nitrogen and oxygen atoms in total. The molecule has 5 heteroatoms. The minimum Gasteiger partial charge on any atom is -0.395 e. The van der Waals surface area contributed by atoms with Crippen LogP contribution in [0.5, 0.6) is 0 Å². The average molecular weight is 240 g/mol. The smallest absolute Gasteiger partial charge is 0.259 e. The Kier molecular flexibility index (Phi) is 4.69. The van der Waals surface area contributed by atoms with E-state index in [0.717, 1.165) is 0 Å². The number of nitrogens with zero attached hydrogens (tertiary/aromatic N) is 2. The number of amides is 1. The summed E-state index contributed by atoms with van der Waals surface area (Å²) < 4.78 is 5.06. The summed E-state index contributed by atoms with van der Waals surface area (Å²) in [6.45, 7) is 7.78. The number of carbonyl (C=O) groups excluding carboxylic acids is 1.